The predicted molar refractivity (Wildman–Crippen MR) is 64.5 cm³/mol. The molecule has 1 aromatic heterocycles. The van der Waals surface area contributed by atoms with Crippen LogP contribution in [-0.2, 0) is 0 Å². The summed E-state index contributed by atoms with van der Waals surface area (Å²) < 4.78 is 11.1. The Morgan fingerprint density at radius 3 is 2.44 bits per heavy atom. The molecule has 0 aliphatic rings. The minimum atomic E-state index is 0.505. The van der Waals surface area contributed by atoms with E-state index in [0.29, 0.717) is 17.2 Å². The van der Waals surface area contributed by atoms with Crippen LogP contribution in [0, 0.1) is 0 Å². The third-order valence-electron chi connectivity index (χ3n) is 2.38. The summed E-state index contributed by atoms with van der Waals surface area (Å²) in [6.07, 6.45) is 0.767. The van der Waals surface area contributed by atoms with Gasteiger partial charge in [-0.3, -0.25) is 4.79 Å². The van der Waals surface area contributed by atoms with E-state index in [4.69, 9.17) is 9.47 Å². The lowest BCUT2D eigenvalue weighted by Gasteiger charge is -2.06. The molecule has 0 fully saturated rings. The lowest BCUT2D eigenvalue weighted by molar-refractivity contribution is 0.111. The van der Waals surface area contributed by atoms with Crippen LogP contribution in [0.5, 0.6) is 11.5 Å². The SMILES string of the molecule is COc1cc2[nH]c(C=O)c(Br)c2cc1OC. The average Bonchev–Trinajstić information content (AvgIpc) is 2.63. The first kappa shape index (κ1) is 11.0. The zero-order valence-electron chi connectivity index (χ0n) is 8.83. The number of hydrogen-bond acceptors (Lipinski definition) is 3. The molecule has 2 rings (SSSR count). The van der Waals surface area contributed by atoms with Gasteiger partial charge in [0.2, 0.25) is 0 Å². The molecule has 0 bridgehead atoms. The number of carbonyl (C=O) groups is 1. The van der Waals surface area contributed by atoms with Crippen LogP contribution < -0.4 is 9.47 Å². The maximum absolute atomic E-state index is 10.8. The number of methoxy groups -OCH3 is 2. The van der Waals surface area contributed by atoms with Gasteiger partial charge >= 0.3 is 0 Å². The molecule has 1 heterocycles. The number of rotatable bonds is 3. The minimum Gasteiger partial charge on any atom is -0.493 e. The Balaban J connectivity index is 2.75. The van der Waals surface area contributed by atoms with Crippen molar-refractivity contribution < 1.29 is 14.3 Å². The quantitative estimate of drug-likeness (QED) is 0.882. The number of ether oxygens (including phenoxy) is 2. The standard InChI is InChI=1S/C11H10BrNO3/c1-15-9-3-6-7(4-10(9)16-2)13-8(5-14)11(6)12/h3-5,13H,1-2H3. The molecule has 0 spiro atoms. The van der Waals surface area contributed by atoms with E-state index in [1.165, 1.54) is 0 Å². The molecular formula is C11H10BrNO3. The maximum atomic E-state index is 10.8. The summed E-state index contributed by atoms with van der Waals surface area (Å²) >= 11 is 3.36. The first-order chi connectivity index (χ1) is 7.71. The van der Waals surface area contributed by atoms with Crippen LogP contribution in [0.25, 0.3) is 10.9 Å². The molecule has 1 aromatic carbocycles. The molecule has 0 unspecified atom stereocenters. The van der Waals surface area contributed by atoms with Gasteiger partial charge < -0.3 is 14.5 Å². The van der Waals surface area contributed by atoms with Crippen molar-refractivity contribution in [3.05, 3.63) is 22.3 Å². The third-order valence-corrected chi connectivity index (χ3v) is 3.24. The highest BCUT2D eigenvalue weighted by Crippen LogP contribution is 2.36. The Labute approximate surface area is 101 Å². The molecule has 84 valence electrons. The van der Waals surface area contributed by atoms with Gasteiger partial charge in [0.15, 0.2) is 17.8 Å². The number of fused-ring (bicyclic) bond motifs is 1. The van der Waals surface area contributed by atoms with Crippen LogP contribution in [0.3, 0.4) is 0 Å². The van der Waals surface area contributed by atoms with Crippen molar-refractivity contribution in [3.8, 4) is 11.5 Å². The normalized spacial score (nSPS) is 10.4. The van der Waals surface area contributed by atoms with Gasteiger partial charge in [0, 0.05) is 11.5 Å². The first-order valence-electron chi connectivity index (χ1n) is 4.59. The number of aromatic nitrogens is 1. The Morgan fingerprint density at radius 1 is 1.25 bits per heavy atom. The average molecular weight is 284 g/mol. The summed E-state index contributed by atoms with van der Waals surface area (Å²) in [4.78, 5) is 13.8. The van der Waals surface area contributed by atoms with Gasteiger partial charge in [-0.1, -0.05) is 0 Å². The van der Waals surface area contributed by atoms with Gasteiger partial charge in [-0.25, -0.2) is 0 Å². The van der Waals surface area contributed by atoms with Crippen LogP contribution in [0.1, 0.15) is 10.5 Å². The molecule has 16 heavy (non-hydrogen) atoms. The first-order valence-corrected chi connectivity index (χ1v) is 5.39. The molecular weight excluding hydrogens is 274 g/mol. The Morgan fingerprint density at radius 2 is 1.88 bits per heavy atom. The molecule has 0 saturated heterocycles. The van der Waals surface area contributed by atoms with E-state index in [2.05, 4.69) is 20.9 Å². The van der Waals surface area contributed by atoms with Gasteiger partial charge in [0.25, 0.3) is 0 Å². The van der Waals surface area contributed by atoms with Crippen LogP contribution in [-0.4, -0.2) is 25.5 Å². The molecule has 0 atom stereocenters. The molecule has 0 saturated carbocycles. The van der Waals surface area contributed by atoms with Crippen molar-refractivity contribution in [1.29, 1.82) is 0 Å². The highest BCUT2D eigenvalue weighted by molar-refractivity contribution is 9.10. The molecule has 0 amide bonds. The molecule has 2 aromatic rings. The van der Waals surface area contributed by atoms with Crippen LogP contribution in [0.15, 0.2) is 16.6 Å². The van der Waals surface area contributed by atoms with Crippen molar-refractivity contribution in [3.63, 3.8) is 0 Å². The zero-order valence-corrected chi connectivity index (χ0v) is 10.4. The van der Waals surface area contributed by atoms with E-state index in [9.17, 15) is 4.79 Å². The number of aromatic amines is 1. The molecule has 0 aliphatic carbocycles. The van der Waals surface area contributed by atoms with Crippen LogP contribution in [0.2, 0.25) is 0 Å². The van der Waals surface area contributed by atoms with E-state index in [0.717, 1.165) is 21.7 Å². The van der Waals surface area contributed by atoms with E-state index >= 15 is 0 Å². The summed E-state index contributed by atoms with van der Waals surface area (Å²) in [5.74, 6) is 1.26. The van der Waals surface area contributed by atoms with Crippen molar-refractivity contribution >= 4 is 33.1 Å². The van der Waals surface area contributed by atoms with Crippen LogP contribution >= 0.6 is 15.9 Å². The van der Waals surface area contributed by atoms with Gasteiger partial charge in [-0.15, -0.1) is 0 Å². The second kappa shape index (κ2) is 4.17. The van der Waals surface area contributed by atoms with Crippen molar-refractivity contribution in [2.45, 2.75) is 0 Å². The molecule has 0 radical (unpaired) electrons. The smallest absolute Gasteiger partial charge is 0.167 e. The Kier molecular flexibility index (Phi) is 2.87. The lowest BCUT2D eigenvalue weighted by Crippen LogP contribution is -1.89. The Hall–Kier alpha value is -1.49. The monoisotopic (exact) mass is 283 g/mol. The largest absolute Gasteiger partial charge is 0.493 e. The summed E-state index contributed by atoms with van der Waals surface area (Å²) in [6.45, 7) is 0. The third kappa shape index (κ3) is 1.57. The summed E-state index contributed by atoms with van der Waals surface area (Å²) in [6, 6.07) is 3.62. The summed E-state index contributed by atoms with van der Waals surface area (Å²) in [5, 5.41) is 0.889. The zero-order chi connectivity index (χ0) is 11.7. The number of carbonyl (C=O) groups excluding carboxylic acids is 1. The van der Waals surface area contributed by atoms with E-state index in [1.54, 1.807) is 20.3 Å². The fourth-order valence-electron chi connectivity index (χ4n) is 1.59. The highest BCUT2D eigenvalue weighted by Gasteiger charge is 2.12. The number of halogens is 1. The molecule has 0 aliphatic heterocycles. The van der Waals surface area contributed by atoms with Gasteiger partial charge in [0.05, 0.1) is 29.9 Å². The Bertz CT molecular complexity index is 548. The molecule has 1 N–H and O–H groups in total. The van der Waals surface area contributed by atoms with E-state index in [-0.39, 0.29) is 0 Å². The molecule has 5 heteroatoms. The number of benzene rings is 1. The van der Waals surface area contributed by atoms with Gasteiger partial charge in [-0.05, 0) is 22.0 Å². The maximum Gasteiger partial charge on any atom is 0.167 e. The molecule has 4 nitrogen and oxygen atoms in total. The van der Waals surface area contributed by atoms with Gasteiger partial charge in [0.1, 0.15) is 0 Å². The summed E-state index contributed by atoms with van der Waals surface area (Å²) in [5.41, 5.74) is 1.33. The fourth-order valence-corrected chi connectivity index (χ4v) is 2.11. The number of H-pyrrole nitrogens is 1. The van der Waals surface area contributed by atoms with Crippen molar-refractivity contribution in [2.24, 2.45) is 0 Å². The fraction of sp³-hybridized carbons (Fsp3) is 0.182. The number of nitrogens with one attached hydrogen (secondary N) is 1. The number of hydrogen-bond donors (Lipinski definition) is 1. The highest BCUT2D eigenvalue weighted by atomic mass is 79.9. The van der Waals surface area contributed by atoms with E-state index in [1.807, 2.05) is 6.07 Å². The predicted octanol–water partition coefficient (Wildman–Crippen LogP) is 2.76. The van der Waals surface area contributed by atoms with Crippen LogP contribution in [0.4, 0.5) is 0 Å². The lowest BCUT2D eigenvalue weighted by atomic mass is 10.2. The number of aldehydes is 1. The second-order valence-electron chi connectivity index (χ2n) is 3.22. The second-order valence-corrected chi connectivity index (χ2v) is 4.02. The van der Waals surface area contributed by atoms with Gasteiger partial charge in [-0.2, -0.15) is 0 Å². The van der Waals surface area contributed by atoms with E-state index < -0.39 is 0 Å². The van der Waals surface area contributed by atoms with Crippen molar-refractivity contribution in [2.75, 3.05) is 14.2 Å². The van der Waals surface area contributed by atoms with Crippen molar-refractivity contribution in [1.82, 2.24) is 4.98 Å². The minimum absolute atomic E-state index is 0.505. The topological polar surface area (TPSA) is 51.3 Å². The summed E-state index contributed by atoms with van der Waals surface area (Å²) in [7, 11) is 3.15.